The molecule has 19 heavy (non-hydrogen) atoms. The van der Waals surface area contributed by atoms with Crippen LogP contribution < -0.4 is 0 Å². The van der Waals surface area contributed by atoms with Gasteiger partial charge in [-0.2, -0.15) is 0 Å². The van der Waals surface area contributed by atoms with Crippen LogP contribution in [0.1, 0.15) is 42.9 Å². The van der Waals surface area contributed by atoms with Crippen LogP contribution in [0.4, 0.5) is 0 Å². The molecule has 2 heterocycles. The number of hydrogen-bond donors (Lipinski definition) is 0. The monoisotopic (exact) mass is 254 g/mol. The first-order valence-electron chi connectivity index (χ1n) is 6.92. The van der Waals surface area contributed by atoms with Crippen LogP contribution in [0.2, 0.25) is 0 Å². The summed E-state index contributed by atoms with van der Waals surface area (Å²) in [6.45, 7) is 0. The number of hydrogen-bond acceptors (Lipinski definition) is 2. The third-order valence-corrected chi connectivity index (χ3v) is 4.61. The summed E-state index contributed by atoms with van der Waals surface area (Å²) in [6, 6.07) is 4.09. The smallest absolute Gasteiger partial charge is 0.232 e. The van der Waals surface area contributed by atoms with Crippen molar-refractivity contribution < 1.29 is 4.79 Å². The zero-order valence-electron chi connectivity index (χ0n) is 11.2. The van der Waals surface area contributed by atoms with Gasteiger partial charge in [0.1, 0.15) is 0 Å². The average molecular weight is 254 g/mol. The number of likely N-dealkylation sites (N-methyl/N-ethyl adjacent to an activating group) is 1. The van der Waals surface area contributed by atoms with Gasteiger partial charge in [-0.15, -0.1) is 6.42 Å². The van der Waals surface area contributed by atoms with Crippen molar-refractivity contribution in [3.05, 3.63) is 29.6 Å². The Kier molecular flexibility index (Phi) is 3.02. The van der Waals surface area contributed by atoms with E-state index in [2.05, 4.69) is 10.9 Å². The summed E-state index contributed by atoms with van der Waals surface area (Å²) >= 11 is 0. The van der Waals surface area contributed by atoms with Gasteiger partial charge in [0, 0.05) is 24.8 Å². The quantitative estimate of drug-likeness (QED) is 0.720. The first-order valence-corrected chi connectivity index (χ1v) is 6.92. The second-order valence-corrected chi connectivity index (χ2v) is 5.52. The highest BCUT2D eigenvalue weighted by Gasteiger charge is 2.48. The molecule has 3 heteroatoms. The number of rotatable bonds is 1. The highest BCUT2D eigenvalue weighted by atomic mass is 16.2. The van der Waals surface area contributed by atoms with E-state index in [9.17, 15) is 4.79 Å². The Balaban J connectivity index is 2.04. The summed E-state index contributed by atoms with van der Waals surface area (Å²) in [5, 5.41) is 0. The van der Waals surface area contributed by atoms with Crippen molar-refractivity contribution in [2.24, 2.45) is 5.92 Å². The van der Waals surface area contributed by atoms with Gasteiger partial charge < -0.3 is 4.90 Å². The minimum absolute atomic E-state index is 0.137. The molecule has 98 valence electrons. The molecule has 1 saturated carbocycles. The SMILES string of the molecule is C#Cc1cccnc1[C@H]1C(=O)N(C)C2CCCCC21. The van der Waals surface area contributed by atoms with Crippen molar-refractivity contribution in [3.8, 4) is 12.3 Å². The largest absolute Gasteiger partial charge is 0.342 e. The Labute approximate surface area is 114 Å². The van der Waals surface area contributed by atoms with E-state index in [4.69, 9.17) is 6.42 Å². The van der Waals surface area contributed by atoms with Gasteiger partial charge in [-0.3, -0.25) is 9.78 Å². The molecule has 3 atom stereocenters. The number of aromatic nitrogens is 1. The number of amides is 1. The number of fused-ring (bicyclic) bond motifs is 1. The molecule has 0 bridgehead atoms. The Hall–Kier alpha value is -1.82. The second-order valence-electron chi connectivity index (χ2n) is 5.52. The molecule has 2 unspecified atom stereocenters. The predicted octanol–water partition coefficient (Wildman–Crippen LogP) is 2.18. The lowest BCUT2D eigenvalue weighted by atomic mass is 9.77. The van der Waals surface area contributed by atoms with Crippen molar-refractivity contribution in [2.45, 2.75) is 37.6 Å². The molecule has 1 amide bonds. The summed E-state index contributed by atoms with van der Waals surface area (Å²) in [7, 11) is 1.92. The van der Waals surface area contributed by atoms with Crippen LogP contribution in [0, 0.1) is 18.3 Å². The topological polar surface area (TPSA) is 33.2 Å². The lowest BCUT2D eigenvalue weighted by Crippen LogP contribution is -2.33. The predicted molar refractivity (Wildman–Crippen MR) is 73.4 cm³/mol. The third-order valence-electron chi connectivity index (χ3n) is 4.61. The van der Waals surface area contributed by atoms with Crippen LogP contribution in [0.5, 0.6) is 0 Å². The Bertz CT molecular complexity index is 546. The molecule has 1 saturated heterocycles. The van der Waals surface area contributed by atoms with E-state index >= 15 is 0 Å². The first-order chi connectivity index (χ1) is 9.24. The number of carbonyl (C=O) groups excluding carboxylic acids is 1. The molecule has 1 aromatic rings. The Morgan fingerprint density at radius 1 is 1.42 bits per heavy atom. The third kappa shape index (κ3) is 1.83. The van der Waals surface area contributed by atoms with Crippen LogP contribution >= 0.6 is 0 Å². The minimum Gasteiger partial charge on any atom is -0.342 e. The molecule has 3 rings (SSSR count). The number of carbonyl (C=O) groups is 1. The molecular weight excluding hydrogens is 236 g/mol. The van der Waals surface area contributed by atoms with Gasteiger partial charge >= 0.3 is 0 Å². The van der Waals surface area contributed by atoms with Gasteiger partial charge in [0.2, 0.25) is 5.91 Å². The van der Waals surface area contributed by atoms with Gasteiger partial charge in [-0.25, -0.2) is 0 Å². The maximum Gasteiger partial charge on any atom is 0.232 e. The summed E-state index contributed by atoms with van der Waals surface area (Å²) < 4.78 is 0. The van der Waals surface area contributed by atoms with Crippen LogP contribution in [0.3, 0.4) is 0 Å². The van der Waals surface area contributed by atoms with E-state index in [1.807, 2.05) is 24.1 Å². The van der Waals surface area contributed by atoms with E-state index in [0.29, 0.717) is 12.0 Å². The van der Waals surface area contributed by atoms with E-state index in [1.165, 1.54) is 12.8 Å². The van der Waals surface area contributed by atoms with Crippen molar-refractivity contribution in [1.82, 2.24) is 9.88 Å². The Morgan fingerprint density at radius 2 is 2.21 bits per heavy atom. The van der Waals surface area contributed by atoms with Crippen LogP contribution in [0.25, 0.3) is 0 Å². The fourth-order valence-electron chi connectivity index (χ4n) is 3.68. The standard InChI is InChI=1S/C16H18N2O/c1-3-11-7-6-10-17-15(11)14-12-8-4-5-9-13(12)18(2)16(14)19/h1,6-7,10,12-14H,4-5,8-9H2,2H3/t12?,13?,14-/m0/s1. The minimum atomic E-state index is -0.137. The number of nitrogens with zero attached hydrogens (tertiary/aromatic N) is 2. The molecule has 1 aromatic heterocycles. The lowest BCUT2D eigenvalue weighted by molar-refractivity contribution is -0.128. The summed E-state index contributed by atoms with van der Waals surface area (Å²) in [6.07, 6.45) is 11.9. The fourth-order valence-corrected chi connectivity index (χ4v) is 3.68. The normalized spacial score (nSPS) is 30.0. The van der Waals surface area contributed by atoms with Crippen LogP contribution in [-0.4, -0.2) is 28.9 Å². The fraction of sp³-hybridized carbons (Fsp3) is 0.500. The number of pyridine rings is 1. The summed E-state index contributed by atoms with van der Waals surface area (Å²) in [4.78, 5) is 18.9. The summed E-state index contributed by atoms with van der Waals surface area (Å²) in [5.41, 5.74) is 1.57. The van der Waals surface area contributed by atoms with Gasteiger partial charge in [-0.1, -0.05) is 18.8 Å². The molecule has 2 aliphatic rings. The zero-order valence-corrected chi connectivity index (χ0v) is 11.2. The Morgan fingerprint density at radius 3 is 3.00 bits per heavy atom. The maximum absolute atomic E-state index is 12.6. The number of likely N-dealkylation sites (tertiary alicyclic amines) is 1. The van der Waals surface area contributed by atoms with Crippen molar-refractivity contribution in [3.63, 3.8) is 0 Å². The van der Waals surface area contributed by atoms with Crippen molar-refractivity contribution in [1.29, 1.82) is 0 Å². The zero-order chi connectivity index (χ0) is 13.4. The van der Waals surface area contributed by atoms with Gasteiger partial charge in [0.05, 0.1) is 11.6 Å². The second kappa shape index (κ2) is 4.70. The van der Waals surface area contributed by atoms with E-state index in [0.717, 1.165) is 24.1 Å². The molecule has 1 aliphatic heterocycles. The molecule has 0 aromatic carbocycles. The van der Waals surface area contributed by atoms with Crippen LogP contribution in [0.15, 0.2) is 18.3 Å². The molecule has 3 nitrogen and oxygen atoms in total. The summed E-state index contributed by atoms with van der Waals surface area (Å²) in [5.74, 6) is 3.10. The van der Waals surface area contributed by atoms with E-state index < -0.39 is 0 Å². The van der Waals surface area contributed by atoms with Gasteiger partial charge in [0.25, 0.3) is 0 Å². The maximum atomic E-state index is 12.6. The molecule has 2 fully saturated rings. The van der Waals surface area contributed by atoms with Crippen molar-refractivity contribution >= 4 is 5.91 Å². The molecule has 0 radical (unpaired) electrons. The lowest BCUT2D eigenvalue weighted by Gasteiger charge is -2.30. The average Bonchev–Trinajstić information content (AvgIpc) is 2.71. The van der Waals surface area contributed by atoms with E-state index in [1.54, 1.807) is 6.20 Å². The van der Waals surface area contributed by atoms with Gasteiger partial charge in [0.15, 0.2) is 0 Å². The first kappa shape index (κ1) is 12.2. The molecule has 0 spiro atoms. The van der Waals surface area contributed by atoms with E-state index in [-0.39, 0.29) is 11.8 Å². The molecular formula is C16H18N2O. The van der Waals surface area contributed by atoms with Crippen molar-refractivity contribution in [2.75, 3.05) is 7.05 Å². The van der Waals surface area contributed by atoms with Crippen LogP contribution in [-0.2, 0) is 4.79 Å². The molecule has 0 N–H and O–H groups in total. The highest BCUT2D eigenvalue weighted by molar-refractivity contribution is 5.87. The highest BCUT2D eigenvalue weighted by Crippen LogP contribution is 2.44. The number of terminal acetylenes is 1. The molecule has 1 aliphatic carbocycles. The van der Waals surface area contributed by atoms with Gasteiger partial charge in [-0.05, 0) is 30.9 Å².